The number of hydrogen-bond acceptors (Lipinski definition) is 5. The first-order chi connectivity index (χ1) is 13.3. The number of carbonyl (C=O) groups excluding carboxylic acids is 1. The summed E-state index contributed by atoms with van der Waals surface area (Å²) in [6.07, 6.45) is 8.34. The maximum absolute atomic E-state index is 12.0. The fourth-order valence-corrected chi connectivity index (χ4v) is 3.92. The zero-order valence-corrected chi connectivity index (χ0v) is 15.3. The molecule has 2 fully saturated rings. The highest BCUT2D eigenvalue weighted by Crippen LogP contribution is 2.37. The number of carbonyl (C=O) groups is 1. The van der Waals surface area contributed by atoms with E-state index in [0.29, 0.717) is 43.6 Å². The van der Waals surface area contributed by atoms with Crippen LogP contribution in [-0.4, -0.2) is 40.6 Å². The molecule has 0 aliphatic carbocycles. The minimum Gasteiger partial charge on any atom is -0.423 e. The van der Waals surface area contributed by atoms with Gasteiger partial charge in [0.25, 0.3) is 0 Å². The van der Waals surface area contributed by atoms with Crippen LogP contribution >= 0.6 is 0 Å². The molecular formula is C21H24N4O2. The smallest absolute Gasteiger partial charge is 0.234 e. The van der Waals surface area contributed by atoms with E-state index in [1.165, 1.54) is 5.56 Å². The van der Waals surface area contributed by atoms with Crippen molar-refractivity contribution in [3.05, 3.63) is 47.7 Å². The zero-order chi connectivity index (χ0) is 18.6. The quantitative estimate of drug-likeness (QED) is 0.826. The summed E-state index contributed by atoms with van der Waals surface area (Å²) >= 11 is 0. The van der Waals surface area contributed by atoms with E-state index in [9.17, 15) is 4.79 Å². The van der Waals surface area contributed by atoms with E-state index < -0.39 is 0 Å². The minimum atomic E-state index is 0.0378. The van der Waals surface area contributed by atoms with Gasteiger partial charge in [-0.15, -0.1) is 22.5 Å². The van der Waals surface area contributed by atoms with Gasteiger partial charge >= 0.3 is 0 Å². The van der Waals surface area contributed by atoms with Gasteiger partial charge in [0, 0.05) is 31.8 Å². The fraction of sp³-hybridized carbons (Fsp3) is 0.476. The molecule has 2 atom stereocenters. The Morgan fingerprint density at radius 1 is 1.26 bits per heavy atom. The summed E-state index contributed by atoms with van der Waals surface area (Å²) in [5, 5.41) is 12.1. The Morgan fingerprint density at radius 2 is 2.04 bits per heavy atom. The lowest BCUT2D eigenvalue weighted by atomic mass is 9.85. The number of amides is 1. The molecule has 6 nitrogen and oxygen atoms in total. The summed E-state index contributed by atoms with van der Waals surface area (Å²) in [7, 11) is 0. The van der Waals surface area contributed by atoms with Crippen LogP contribution in [0, 0.1) is 12.3 Å². The number of piperidine rings is 1. The lowest BCUT2D eigenvalue weighted by Gasteiger charge is -2.37. The van der Waals surface area contributed by atoms with Crippen LogP contribution in [0.2, 0.25) is 0 Å². The van der Waals surface area contributed by atoms with E-state index in [4.69, 9.17) is 10.8 Å². The van der Waals surface area contributed by atoms with Crippen LogP contribution in [0.15, 0.2) is 34.7 Å². The van der Waals surface area contributed by atoms with Gasteiger partial charge in [-0.25, -0.2) is 0 Å². The number of hydrogen-bond donors (Lipinski definition) is 1. The number of nitrogens with one attached hydrogen (secondary N) is 1. The first-order valence-electron chi connectivity index (χ1n) is 9.59. The van der Waals surface area contributed by atoms with Crippen molar-refractivity contribution in [2.45, 2.75) is 43.6 Å². The maximum atomic E-state index is 12.0. The van der Waals surface area contributed by atoms with Crippen LogP contribution in [0.3, 0.4) is 0 Å². The SMILES string of the molecule is C#CCCC(=O)N1CC(c2nnc(C3NCCCC3c3ccccc3)o2)C1. The third-order valence-corrected chi connectivity index (χ3v) is 5.48. The van der Waals surface area contributed by atoms with Crippen molar-refractivity contribution in [3.63, 3.8) is 0 Å². The Kier molecular flexibility index (Phi) is 5.21. The molecule has 1 aromatic heterocycles. The van der Waals surface area contributed by atoms with Crippen LogP contribution in [0.5, 0.6) is 0 Å². The maximum Gasteiger partial charge on any atom is 0.234 e. The second kappa shape index (κ2) is 7.93. The highest BCUT2D eigenvalue weighted by atomic mass is 16.4. The Hall–Kier alpha value is -2.65. The van der Waals surface area contributed by atoms with Crippen molar-refractivity contribution in [1.29, 1.82) is 0 Å². The van der Waals surface area contributed by atoms with Crippen molar-refractivity contribution < 1.29 is 9.21 Å². The molecule has 0 radical (unpaired) electrons. The molecule has 1 aromatic carbocycles. The minimum absolute atomic E-state index is 0.0378. The highest BCUT2D eigenvalue weighted by molar-refractivity contribution is 5.77. The molecule has 2 unspecified atom stereocenters. The fourth-order valence-electron chi connectivity index (χ4n) is 3.92. The topological polar surface area (TPSA) is 71.3 Å². The van der Waals surface area contributed by atoms with E-state index in [1.807, 2.05) is 6.07 Å². The first kappa shape index (κ1) is 17.7. The number of benzene rings is 1. The molecule has 1 amide bonds. The van der Waals surface area contributed by atoms with Crippen molar-refractivity contribution in [2.24, 2.45) is 0 Å². The predicted octanol–water partition coefficient (Wildman–Crippen LogP) is 2.62. The van der Waals surface area contributed by atoms with Gasteiger partial charge in [-0.1, -0.05) is 30.3 Å². The standard InChI is InChI=1S/C21H24N4O2/c1-2-3-11-18(26)25-13-16(14-25)20-23-24-21(27-20)19-17(10-7-12-22-19)15-8-5-4-6-9-15/h1,4-6,8-9,16-17,19,22H,3,7,10-14H2. The van der Waals surface area contributed by atoms with E-state index in [-0.39, 0.29) is 17.9 Å². The zero-order valence-electron chi connectivity index (χ0n) is 15.3. The molecule has 2 aromatic rings. The molecule has 0 bridgehead atoms. The molecule has 6 heteroatoms. The van der Waals surface area contributed by atoms with Crippen LogP contribution < -0.4 is 5.32 Å². The van der Waals surface area contributed by atoms with Gasteiger partial charge in [0.05, 0.1) is 12.0 Å². The van der Waals surface area contributed by atoms with E-state index in [2.05, 4.69) is 45.7 Å². The van der Waals surface area contributed by atoms with Gasteiger partial charge in [-0.2, -0.15) is 0 Å². The van der Waals surface area contributed by atoms with Crippen LogP contribution in [0.1, 0.15) is 60.9 Å². The van der Waals surface area contributed by atoms with Crippen LogP contribution in [-0.2, 0) is 4.79 Å². The van der Waals surface area contributed by atoms with E-state index in [1.54, 1.807) is 4.90 Å². The third kappa shape index (κ3) is 3.74. The van der Waals surface area contributed by atoms with Gasteiger partial charge < -0.3 is 14.6 Å². The Balaban J connectivity index is 1.42. The van der Waals surface area contributed by atoms with E-state index in [0.717, 1.165) is 19.4 Å². The summed E-state index contributed by atoms with van der Waals surface area (Å²) in [5.74, 6) is 4.34. The van der Waals surface area contributed by atoms with Gasteiger partial charge in [0.2, 0.25) is 17.7 Å². The first-order valence-corrected chi connectivity index (χ1v) is 9.59. The normalized spacial score (nSPS) is 22.9. The number of terminal acetylenes is 1. The van der Waals surface area contributed by atoms with Crippen molar-refractivity contribution in [2.75, 3.05) is 19.6 Å². The molecule has 4 rings (SSSR count). The predicted molar refractivity (Wildman–Crippen MR) is 101 cm³/mol. The number of aromatic nitrogens is 2. The molecular weight excluding hydrogens is 340 g/mol. The summed E-state index contributed by atoms with van der Waals surface area (Å²) in [6, 6.07) is 10.5. The average Bonchev–Trinajstić information content (AvgIpc) is 3.15. The lowest BCUT2D eigenvalue weighted by Crippen LogP contribution is -2.48. The van der Waals surface area contributed by atoms with E-state index >= 15 is 0 Å². The Labute approximate surface area is 159 Å². The average molecular weight is 364 g/mol. The lowest BCUT2D eigenvalue weighted by molar-refractivity contribution is -0.135. The van der Waals surface area contributed by atoms with Gasteiger partial charge in [-0.05, 0) is 24.9 Å². The van der Waals surface area contributed by atoms with Gasteiger partial charge in [-0.3, -0.25) is 4.79 Å². The molecule has 0 spiro atoms. The summed E-state index contributed by atoms with van der Waals surface area (Å²) in [6.45, 7) is 2.21. The van der Waals surface area contributed by atoms with Gasteiger partial charge in [0.1, 0.15) is 0 Å². The monoisotopic (exact) mass is 364 g/mol. The summed E-state index contributed by atoms with van der Waals surface area (Å²) in [5.41, 5.74) is 1.29. The van der Waals surface area contributed by atoms with Crippen molar-refractivity contribution in [3.8, 4) is 12.3 Å². The molecule has 27 heavy (non-hydrogen) atoms. The molecule has 1 N–H and O–H groups in total. The molecule has 0 saturated carbocycles. The highest BCUT2D eigenvalue weighted by Gasteiger charge is 2.37. The second-order valence-electron chi connectivity index (χ2n) is 7.27. The number of nitrogens with zero attached hydrogens (tertiary/aromatic N) is 3. The molecule has 2 aliphatic rings. The van der Waals surface area contributed by atoms with Crippen LogP contribution in [0.25, 0.3) is 0 Å². The summed E-state index contributed by atoms with van der Waals surface area (Å²) in [4.78, 5) is 13.8. The number of likely N-dealkylation sites (tertiary alicyclic amines) is 1. The Bertz CT molecular complexity index is 820. The van der Waals surface area contributed by atoms with Gasteiger partial charge in [0.15, 0.2) is 0 Å². The Morgan fingerprint density at radius 3 is 2.81 bits per heavy atom. The molecule has 3 heterocycles. The molecule has 2 aliphatic heterocycles. The third-order valence-electron chi connectivity index (χ3n) is 5.48. The largest absolute Gasteiger partial charge is 0.423 e. The second-order valence-corrected chi connectivity index (χ2v) is 7.27. The molecule has 140 valence electrons. The number of rotatable bonds is 5. The van der Waals surface area contributed by atoms with Crippen molar-refractivity contribution in [1.82, 2.24) is 20.4 Å². The summed E-state index contributed by atoms with van der Waals surface area (Å²) < 4.78 is 6.03. The van der Waals surface area contributed by atoms with Crippen LogP contribution in [0.4, 0.5) is 0 Å². The van der Waals surface area contributed by atoms with Crippen molar-refractivity contribution >= 4 is 5.91 Å². The molecule has 2 saturated heterocycles.